The number of fused-ring (bicyclic) bond motifs is 1. The van der Waals surface area contributed by atoms with Crippen LogP contribution in [-0.2, 0) is 12.8 Å². The highest BCUT2D eigenvalue weighted by Crippen LogP contribution is 2.49. The molecule has 23 heavy (non-hydrogen) atoms. The van der Waals surface area contributed by atoms with Gasteiger partial charge in [-0.2, -0.15) is 0 Å². The summed E-state index contributed by atoms with van der Waals surface area (Å²) in [6.45, 7) is 0. The van der Waals surface area contributed by atoms with Gasteiger partial charge in [0.25, 0.3) is 0 Å². The number of likely N-dealkylation sites (N-methyl/N-ethyl adjacent to an activating group) is 1. The van der Waals surface area contributed by atoms with Gasteiger partial charge in [-0.25, -0.2) is 0 Å². The molecule has 0 aliphatic heterocycles. The molecule has 1 aromatic rings. The maximum absolute atomic E-state index is 2.49. The molecule has 2 saturated carbocycles. The van der Waals surface area contributed by atoms with Crippen molar-refractivity contribution in [1.82, 2.24) is 4.90 Å². The van der Waals surface area contributed by atoms with Crippen LogP contribution in [0.15, 0.2) is 18.2 Å². The topological polar surface area (TPSA) is 3.24 Å². The van der Waals surface area contributed by atoms with Crippen molar-refractivity contribution in [1.29, 1.82) is 0 Å². The molecule has 2 fully saturated rings. The van der Waals surface area contributed by atoms with E-state index in [0.29, 0.717) is 0 Å². The lowest BCUT2D eigenvalue weighted by Crippen LogP contribution is -2.34. The third-order valence-electron chi connectivity index (χ3n) is 7.20. The van der Waals surface area contributed by atoms with Gasteiger partial charge in [-0.3, -0.25) is 0 Å². The largest absolute Gasteiger partial charge is 0.306 e. The Labute approximate surface area is 142 Å². The maximum atomic E-state index is 2.49. The maximum Gasteiger partial charge on any atom is 0.0133 e. The molecule has 1 heteroatoms. The molecule has 3 atom stereocenters. The fourth-order valence-electron chi connectivity index (χ4n) is 5.91. The minimum Gasteiger partial charge on any atom is -0.306 e. The van der Waals surface area contributed by atoms with Crippen molar-refractivity contribution in [2.45, 2.75) is 76.2 Å². The molecule has 4 rings (SSSR count). The molecule has 0 aromatic heterocycles. The van der Waals surface area contributed by atoms with E-state index in [1.54, 1.807) is 16.7 Å². The Morgan fingerprint density at radius 1 is 0.913 bits per heavy atom. The number of hydrogen-bond donors (Lipinski definition) is 0. The van der Waals surface area contributed by atoms with Crippen molar-refractivity contribution in [2.24, 2.45) is 11.8 Å². The van der Waals surface area contributed by atoms with Crippen LogP contribution in [0.1, 0.15) is 74.0 Å². The zero-order valence-electron chi connectivity index (χ0n) is 15.1. The molecule has 0 N–H and O–H groups in total. The molecular weight excluding hydrogens is 278 g/mol. The summed E-state index contributed by atoms with van der Waals surface area (Å²) >= 11 is 0. The number of hydrogen-bond acceptors (Lipinski definition) is 1. The average molecular weight is 312 g/mol. The highest BCUT2D eigenvalue weighted by atomic mass is 15.1. The highest BCUT2D eigenvalue weighted by molar-refractivity contribution is 5.41. The number of benzene rings is 1. The van der Waals surface area contributed by atoms with E-state index >= 15 is 0 Å². The molecular formula is C22H33N. The first-order valence-electron chi connectivity index (χ1n) is 10.0. The van der Waals surface area contributed by atoms with E-state index in [2.05, 4.69) is 37.2 Å². The Bertz CT molecular complexity index is 541. The summed E-state index contributed by atoms with van der Waals surface area (Å²) in [4.78, 5) is 2.45. The summed E-state index contributed by atoms with van der Waals surface area (Å²) in [5.41, 5.74) is 5.16. The van der Waals surface area contributed by atoms with Gasteiger partial charge in [-0.05, 0) is 80.6 Å². The molecule has 126 valence electrons. The quantitative estimate of drug-likeness (QED) is 0.743. The van der Waals surface area contributed by atoms with Crippen LogP contribution in [0, 0.1) is 11.8 Å². The zero-order valence-corrected chi connectivity index (χ0v) is 15.1. The SMILES string of the molecule is CN(C)[C@@H]1CCc2cccc([C@@H]3CCC[C@@H]3C3CCCC3)c2C1. The second-order valence-corrected chi connectivity index (χ2v) is 8.59. The molecule has 3 aliphatic carbocycles. The van der Waals surface area contributed by atoms with Crippen LogP contribution >= 0.6 is 0 Å². The molecule has 3 aliphatic rings. The smallest absolute Gasteiger partial charge is 0.0133 e. The first kappa shape index (κ1) is 15.7. The van der Waals surface area contributed by atoms with Gasteiger partial charge in [0.2, 0.25) is 0 Å². The summed E-state index contributed by atoms with van der Waals surface area (Å²) in [5, 5.41) is 0. The summed E-state index contributed by atoms with van der Waals surface area (Å²) in [5.74, 6) is 2.89. The summed E-state index contributed by atoms with van der Waals surface area (Å²) in [6, 6.07) is 8.00. The predicted octanol–water partition coefficient (Wildman–Crippen LogP) is 5.18. The normalized spacial score (nSPS) is 31.7. The van der Waals surface area contributed by atoms with Crippen molar-refractivity contribution in [3.8, 4) is 0 Å². The molecule has 1 aromatic carbocycles. The van der Waals surface area contributed by atoms with Crippen molar-refractivity contribution in [3.63, 3.8) is 0 Å². The summed E-state index contributed by atoms with van der Waals surface area (Å²) in [7, 11) is 4.52. The van der Waals surface area contributed by atoms with Crippen LogP contribution in [-0.4, -0.2) is 25.0 Å². The van der Waals surface area contributed by atoms with E-state index in [4.69, 9.17) is 0 Å². The fraction of sp³-hybridized carbons (Fsp3) is 0.727. The van der Waals surface area contributed by atoms with E-state index < -0.39 is 0 Å². The first-order valence-corrected chi connectivity index (χ1v) is 10.0. The van der Waals surface area contributed by atoms with Crippen LogP contribution in [0.2, 0.25) is 0 Å². The Morgan fingerprint density at radius 3 is 2.52 bits per heavy atom. The van der Waals surface area contributed by atoms with Crippen LogP contribution in [0.4, 0.5) is 0 Å². The standard InChI is InChI=1S/C22H33N/c1-23(2)18-14-13-17-9-5-11-21(22(17)15-18)20-12-6-10-19(20)16-7-3-4-8-16/h5,9,11,16,18-20H,3-4,6-8,10,12-15H2,1-2H3/t18-,19-,20-/m1/s1. The summed E-state index contributed by atoms with van der Waals surface area (Å²) < 4.78 is 0. The molecule has 0 unspecified atom stereocenters. The monoisotopic (exact) mass is 311 g/mol. The lowest BCUT2D eigenvalue weighted by molar-refractivity contribution is 0.265. The zero-order chi connectivity index (χ0) is 15.8. The molecule has 0 spiro atoms. The second kappa shape index (κ2) is 6.59. The molecule has 0 saturated heterocycles. The van der Waals surface area contributed by atoms with Gasteiger partial charge in [0, 0.05) is 6.04 Å². The van der Waals surface area contributed by atoms with Crippen molar-refractivity contribution in [3.05, 3.63) is 34.9 Å². The Balaban J connectivity index is 1.64. The highest BCUT2D eigenvalue weighted by Gasteiger charge is 2.37. The van der Waals surface area contributed by atoms with Crippen LogP contribution in [0.3, 0.4) is 0 Å². The van der Waals surface area contributed by atoms with Crippen LogP contribution < -0.4 is 0 Å². The minimum absolute atomic E-state index is 0.745. The van der Waals surface area contributed by atoms with E-state index in [1.165, 1.54) is 64.2 Å². The van der Waals surface area contributed by atoms with E-state index in [0.717, 1.165) is 23.8 Å². The van der Waals surface area contributed by atoms with Gasteiger partial charge in [-0.1, -0.05) is 50.3 Å². The van der Waals surface area contributed by atoms with Gasteiger partial charge >= 0.3 is 0 Å². The van der Waals surface area contributed by atoms with Crippen LogP contribution in [0.5, 0.6) is 0 Å². The van der Waals surface area contributed by atoms with Crippen molar-refractivity contribution < 1.29 is 0 Å². The predicted molar refractivity (Wildman–Crippen MR) is 98.0 cm³/mol. The molecule has 0 amide bonds. The molecule has 0 radical (unpaired) electrons. The van der Waals surface area contributed by atoms with E-state index in [1.807, 2.05) is 0 Å². The molecule has 0 bridgehead atoms. The minimum atomic E-state index is 0.745. The molecule has 0 heterocycles. The lowest BCUT2D eigenvalue weighted by atomic mass is 9.75. The Kier molecular flexibility index (Phi) is 4.50. The lowest BCUT2D eigenvalue weighted by Gasteiger charge is -2.34. The van der Waals surface area contributed by atoms with Crippen molar-refractivity contribution in [2.75, 3.05) is 14.1 Å². The van der Waals surface area contributed by atoms with Gasteiger partial charge in [0.1, 0.15) is 0 Å². The number of aryl methyl sites for hydroxylation is 1. The Morgan fingerprint density at radius 2 is 1.74 bits per heavy atom. The molecule has 1 nitrogen and oxygen atoms in total. The average Bonchev–Trinajstić information content (AvgIpc) is 3.24. The van der Waals surface area contributed by atoms with E-state index in [-0.39, 0.29) is 0 Å². The third kappa shape index (κ3) is 2.97. The fourth-order valence-corrected chi connectivity index (χ4v) is 5.91. The second-order valence-electron chi connectivity index (χ2n) is 8.59. The van der Waals surface area contributed by atoms with Crippen LogP contribution in [0.25, 0.3) is 0 Å². The first-order chi connectivity index (χ1) is 11.2. The van der Waals surface area contributed by atoms with Gasteiger partial charge in [-0.15, -0.1) is 0 Å². The van der Waals surface area contributed by atoms with Gasteiger partial charge in [0.15, 0.2) is 0 Å². The number of rotatable bonds is 3. The summed E-state index contributed by atoms with van der Waals surface area (Å²) in [6.07, 6.45) is 14.3. The van der Waals surface area contributed by atoms with Crippen molar-refractivity contribution >= 4 is 0 Å². The Hall–Kier alpha value is -0.820. The number of nitrogens with zero attached hydrogens (tertiary/aromatic N) is 1. The van der Waals surface area contributed by atoms with E-state index in [9.17, 15) is 0 Å². The third-order valence-corrected chi connectivity index (χ3v) is 7.20. The van der Waals surface area contributed by atoms with Gasteiger partial charge < -0.3 is 4.90 Å². The van der Waals surface area contributed by atoms with Gasteiger partial charge in [0.05, 0.1) is 0 Å².